The van der Waals surface area contributed by atoms with Gasteiger partial charge in [-0.05, 0) is 20.8 Å². The molecule has 0 bridgehead atoms. The van der Waals surface area contributed by atoms with E-state index in [9.17, 15) is 4.79 Å². The molecule has 0 atom stereocenters. The lowest BCUT2D eigenvalue weighted by Gasteiger charge is -2.12. The molecule has 0 radical (unpaired) electrons. The van der Waals surface area contributed by atoms with Crippen LogP contribution in [0.15, 0.2) is 12.2 Å². The van der Waals surface area contributed by atoms with E-state index in [0.717, 1.165) is 0 Å². The molecular formula is C8H13NO. The second-order valence-electron chi connectivity index (χ2n) is 3.24. The maximum absolute atomic E-state index is 11.2. The summed E-state index contributed by atoms with van der Waals surface area (Å²) in [5, 5.41) is 2.84. The highest BCUT2D eigenvalue weighted by Crippen LogP contribution is 2.33. The van der Waals surface area contributed by atoms with E-state index in [-0.39, 0.29) is 17.4 Å². The summed E-state index contributed by atoms with van der Waals surface area (Å²) in [6.45, 7) is 5.83. The maximum Gasteiger partial charge on any atom is 0.233 e. The normalized spacial score (nSPS) is 19.2. The molecule has 2 heteroatoms. The van der Waals surface area contributed by atoms with Gasteiger partial charge in [0.1, 0.15) is 0 Å². The van der Waals surface area contributed by atoms with Crippen molar-refractivity contribution < 1.29 is 4.79 Å². The molecule has 0 saturated carbocycles. The molecule has 10 heavy (non-hydrogen) atoms. The minimum Gasteiger partial charge on any atom is -0.353 e. The van der Waals surface area contributed by atoms with Crippen LogP contribution in [0.3, 0.4) is 0 Å². The molecule has 1 aliphatic rings. The molecule has 1 N–H and O–H groups in total. The fourth-order valence-electron chi connectivity index (χ4n) is 0.694. The van der Waals surface area contributed by atoms with Gasteiger partial charge in [0.15, 0.2) is 0 Å². The molecule has 56 valence electrons. The average Bonchev–Trinajstić information content (AvgIpc) is 2.47. The molecule has 0 heterocycles. The smallest absolute Gasteiger partial charge is 0.233 e. The Morgan fingerprint density at radius 2 is 2.00 bits per heavy atom. The van der Waals surface area contributed by atoms with Gasteiger partial charge < -0.3 is 5.32 Å². The molecule has 0 aliphatic heterocycles. The second-order valence-corrected chi connectivity index (χ2v) is 3.24. The molecule has 0 saturated heterocycles. The monoisotopic (exact) mass is 139 g/mol. The molecule has 0 aromatic carbocycles. The van der Waals surface area contributed by atoms with Crippen LogP contribution < -0.4 is 5.32 Å². The predicted molar refractivity (Wildman–Crippen MR) is 40.5 cm³/mol. The van der Waals surface area contributed by atoms with Gasteiger partial charge in [-0.1, -0.05) is 12.2 Å². The van der Waals surface area contributed by atoms with Crippen LogP contribution in [0.2, 0.25) is 0 Å². The Morgan fingerprint density at radius 1 is 1.50 bits per heavy atom. The third-order valence-electron chi connectivity index (χ3n) is 1.58. The third kappa shape index (κ3) is 1.38. The van der Waals surface area contributed by atoms with Crippen LogP contribution in [0.1, 0.15) is 20.8 Å². The molecular weight excluding hydrogens is 126 g/mol. The van der Waals surface area contributed by atoms with Crippen LogP contribution in [0.4, 0.5) is 0 Å². The van der Waals surface area contributed by atoms with Crippen molar-refractivity contribution in [3.63, 3.8) is 0 Å². The number of amides is 1. The number of hydrogen-bond acceptors (Lipinski definition) is 1. The standard InChI is InChI=1S/C8H13NO/c1-6(2)9-7(10)8(3)4-5-8/h4-6H,1-3H3,(H,9,10). The number of rotatable bonds is 2. The third-order valence-corrected chi connectivity index (χ3v) is 1.58. The van der Waals surface area contributed by atoms with Crippen LogP contribution >= 0.6 is 0 Å². The Bertz CT molecular complexity index is 176. The first kappa shape index (κ1) is 7.32. The summed E-state index contributed by atoms with van der Waals surface area (Å²) in [7, 11) is 0. The molecule has 0 aromatic heterocycles. The summed E-state index contributed by atoms with van der Waals surface area (Å²) >= 11 is 0. The van der Waals surface area contributed by atoms with Crippen molar-refractivity contribution in [3.05, 3.63) is 12.2 Å². The van der Waals surface area contributed by atoms with E-state index in [1.54, 1.807) is 0 Å². The summed E-state index contributed by atoms with van der Waals surface area (Å²) in [6, 6.07) is 0.242. The van der Waals surface area contributed by atoms with Gasteiger partial charge >= 0.3 is 0 Å². The van der Waals surface area contributed by atoms with E-state index in [0.29, 0.717) is 0 Å². The molecule has 1 amide bonds. The Hall–Kier alpha value is -0.790. The summed E-state index contributed by atoms with van der Waals surface area (Å²) in [6.07, 6.45) is 3.81. The minimum atomic E-state index is -0.260. The zero-order valence-electron chi connectivity index (χ0n) is 6.64. The van der Waals surface area contributed by atoms with Crippen LogP contribution in [-0.4, -0.2) is 11.9 Å². The molecule has 0 aromatic rings. The van der Waals surface area contributed by atoms with Gasteiger partial charge in [0.25, 0.3) is 0 Å². The number of hydrogen-bond donors (Lipinski definition) is 1. The van der Waals surface area contributed by atoms with E-state index in [1.807, 2.05) is 32.9 Å². The predicted octanol–water partition coefficient (Wildman–Crippen LogP) is 1.09. The molecule has 2 nitrogen and oxygen atoms in total. The van der Waals surface area contributed by atoms with E-state index >= 15 is 0 Å². The van der Waals surface area contributed by atoms with Crippen LogP contribution in [-0.2, 0) is 4.79 Å². The van der Waals surface area contributed by atoms with Crippen molar-refractivity contribution in [2.75, 3.05) is 0 Å². The summed E-state index contributed by atoms with van der Waals surface area (Å²) in [5.41, 5.74) is -0.260. The topological polar surface area (TPSA) is 29.1 Å². The zero-order valence-corrected chi connectivity index (χ0v) is 6.64. The van der Waals surface area contributed by atoms with Crippen molar-refractivity contribution in [2.45, 2.75) is 26.8 Å². The Labute approximate surface area is 61.3 Å². The second kappa shape index (κ2) is 2.11. The van der Waals surface area contributed by atoms with E-state index in [1.165, 1.54) is 0 Å². The lowest BCUT2D eigenvalue weighted by atomic mass is 10.1. The fourth-order valence-corrected chi connectivity index (χ4v) is 0.694. The highest BCUT2D eigenvalue weighted by atomic mass is 16.2. The Kier molecular flexibility index (Phi) is 1.55. The Balaban J connectivity index is 2.36. The van der Waals surface area contributed by atoms with Crippen molar-refractivity contribution in [2.24, 2.45) is 5.41 Å². The largest absolute Gasteiger partial charge is 0.353 e. The van der Waals surface area contributed by atoms with E-state index < -0.39 is 0 Å². The van der Waals surface area contributed by atoms with Gasteiger partial charge in [-0.2, -0.15) is 0 Å². The first-order chi connectivity index (χ1) is 4.54. The highest BCUT2D eigenvalue weighted by Gasteiger charge is 2.36. The first-order valence-electron chi connectivity index (χ1n) is 3.56. The quantitative estimate of drug-likeness (QED) is 0.570. The van der Waals surface area contributed by atoms with Crippen molar-refractivity contribution in [3.8, 4) is 0 Å². The number of nitrogens with one attached hydrogen (secondary N) is 1. The summed E-state index contributed by atoms with van der Waals surface area (Å²) in [4.78, 5) is 11.2. The van der Waals surface area contributed by atoms with Crippen LogP contribution in [0.5, 0.6) is 0 Å². The lowest BCUT2D eigenvalue weighted by Crippen LogP contribution is -2.36. The Morgan fingerprint density at radius 3 is 2.30 bits per heavy atom. The van der Waals surface area contributed by atoms with E-state index in [4.69, 9.17) is 0 Å². The van der Waals surface area contributed by atoms with Gasteiger partial charge in [0, 0.05) is 6.04 Å². The minimum absolute atomic E-state index is 0.113. The SMILES string of the molecule is CC(C)NC(=O)C1(C)C=C1. The van der Waals surface area contributed by atoms with Crippen LogP contribution in [0.25, 0.3) is 0 Å². The molecule has 1 aliphatic carbocycles. The molecule has 1 rings (SSSR count). The van der Waals surface area contributed by atoms with Gasteiger partial charge in [-0.3, -0.25) is 4.79 Å². The average molecular weight is 139 g/mol. The first-order valence-corrected chi connectivity index (χ1v) is 3.56. The van der Waals surface area contributed by atoms with Gasteiger partial charge in [-0.25, -0.2) is 0 Å². The fraction of sp³-hybridized carbons (Fsp3) is 0.625. The summed E-state index contributed by atoms with van der Waals surface area (Å²) < 4.78 is 0. The highest BCUT2D eigenvalue weighted by molar-refractivity contribution is 5.90. The van der Waals surface area contributed by atoms with Gasteiger partial charge in [0.05, 0.1) is 5.41 Å². The maximum atomic E-state index is 11.2. The van der Waals surface area contributed by atoms with Crippen LogP contribution in [0, 0.1) is 5.41 Å². The number of carbonyl (C=O) groups is 1. The molecule has 0 spiro atoms. The number of carbonyl (C=O) groups excluding carboxylic acids is 1. The van der Waals surface area contributed by atoms with Crippen molar-refractivity contribution >= 4 is 5.91 Å². The van der Waals surface area contributed by atoms with Gasteiger partial charge in [-0.15, -0.1) is 0 Å². The molecule has 0 fully saturated rings. The molecule has 0 unspecified atom stereocenters. The van der Waals surface area contributed by atoms with Gasteiger partial charge in [0.2, 0.25) is 5.91 Å². The van der Waals surface area contributed by atoms with Crippen molar-refractivity contribution in [1.29, 1.82) is 0 Å². The van der Waals surface area contributed by atoms with E-state index in [2.05, 4.69) is 5.32 Å². The lowest BCUT2D eigenvalue weighted by molar-refractivity contribution is -0.125. The summed E-state index contributed by atoms with van der Waals surface area (Å²) in [5.74, 6) is 0.113. The zero-order chi connectivity index (χ0) is 7.78. The van der Waals surface area contributed by atoms with Crippen molar-refractivity contribution in [1.82, 2.24) is 5.32 Å².